The van der Waals surface area contributed by atoms with Gasteiger partial charge in [-0.3, -0.25) is 18.8 Å². The van der Waals surface area contributed by atoms with Crippen molar-refractivity contribution < 1.29 is 27.6 Å². The van der Waals surface area contributed by atoms with E-state index >= 15 is 0 Å². The van der Waals surface area contributed by atoms with Gasteiger partial charge in [-0.2, -0.15) is 23.5 Å². The number of carbonyl (C=O) groups excluding carboxylic acids is 1. The second-order valence-corrected chi connectivity index (χ2v) is 8.04. The van der Waals surface area contributed by atoms with E-state index in [4.69, 9.17) is 0 Å². The fraction of sp³-hybridized carbons (Fsp3) is 0.217. The Morgan fingerprint density at radius 2 is 1.97 bits per heavy atom. The lowest BCUT2D eigenvalue weighted by molar-refractivity contribution is -0.156. The Bertz CT molecular complexity index is 1550. The fourth-order valence-electron chi connectivity index (χ4n) is 4.01. The van der Waals surface area contributed by atoms with E-state index in [2.05, 4.69) is 25.1 Å². The minimum Gasteiger partial charge on any atom is -0.501 e. The lowest BCUT2D eigenvalue weighted by atomic mass is 9.79. The number of anilines is 1. The van der Waals surface area contributed by atoms with E-state index in [0.717, 1.165) is 19.5 Å². The highest BCUT2D eigenvalue weighted by Crippen LogP contribution is 2.48. The first-order chi connectivity index (χ1) is 17.5. The van der Waals surface area contributed by atoms with Crippen molar-refractivity contribution in [3.63, 3.8) is 0 Å². The van der Waals surface area contributed by atoms with Crippen LogP contribution in [0.1, 0.15) is 44.8 Å². The first-order valence-corrected chi connectivity index (χ1v) is 10.6. The van der Waals surface area contributed by atoms with Gasteiger partial charge in [-0.25, -0.2) is 4.98 Å². The minimum absolute atomic E-state index is 0.0122. The Hall–Kier alpha value is -4.93. The highest BCUT2D eigenvalue weighted by molar-refractivity contribution is 6.04. The molecule has 1 amide bonds. The summed E-state index contributed by atoms with van der Waals surface area (Å²) in [6, 6.07) is 7.62. The van der Waals surface area contributed by atoms with Crippen LogP contribution < -0.4 is 10.9 Å². The number of aryl methyl sites for hydroxylation is 1. The van der Waals surface area contributed by atoms with Crippen molar-refractivity contribution in [1.29, 1.82) is 5.26 Å². The molecule has 0 saturated heterocycles. The van der Waals surface area contributed by atoms with Crippen LogP contribution in [-0.2, 0) is 14.1 Å². The van der Waals surface area contributed by atoms with Crippen molar-refractivity contribution in [1.82, 2.24) is 24.5 Å². The summed E-state index contributed by atoms with van der Waals surface area (Å²) in [5.41, 5.74) is -2.10. The van der Waals surface area contributed by atoms with Gasteiger partial charge in [-0.15, -0.1) is 0 Å². The van der Waals surface area contributed by atoms with E-state index in [1.165, 1.54) is 48.4 Å². The van der Waals surface area contributed by atoms with Crippen molar-refractivity contribution in [3.8, 4) is 11.8 Å². The highest BCUT2D eigenvalue weighted by Gasteiger charge is 2.50. The van der Waals surface area contributed by atoms with E-state index in [9.17, 15) is 33.1 Å². The van der Waals surface area contributed by atoms with Gasteiger partial charge >= 0.3 is 6.18 Å². The first kappa shape index (κ1) is 25.2. The Morgan fingerprint density at radius 3 is 2.57 bits per heavy atom. The van der Waals surface area contributed by atoms with Gasteiger partial charge in [0.05, 0.1) is 24.0 Å². The zero-order valence-corrected chi connectivity index (χ0v) is 19.3. The monoisotopic (exact) mass is 513 g/mol. The SMILES string of the molecule is Cn1cc(C(c2ccccc2C#N)C(c2nc(C(=O)Nc3cnoc3)c(O)c(=O)n2C)C(F)(F)F)cn1. The van der Waals surface area contributed by atoms with Crippen LogP contribution in [-0.4, -0.2) is 41.7 Å². The summed E-state index contributed by atoms with van der Waals surface area (Å²) in [4.78, 5) is 29.4. The molecule has 0 aliphatic rings. The van der Waals surface area contributed by atoms with Gasteiger partial charge in [0.2, 0.25) is 5.75 Å². The molecule has 2 unspecified atom stereocenters. The van der Waals surface area contributed by atoms with E-state index in [1.54, 1.807) is 0 Å². The Morgan fingerprint density at radius 1 is 1.24 bits per heavy atom. The Labute approximate surface area is 206 Å². The van der Waals surface area contributed by atoms with Gasteiger partial charge in [0.1, 0.15) is 23.7 Å². The number of nitrogens with one attached hydrogen (secondary N) is 1. The van der Waals surface area contributed by atoms with Gasteiger partial charge < -0.3 is 14.9 Å². The lowest BCUT2D eigenvalue weighted by Gasteiger charge is -2.30. The van der Waals surface area contributed by atoms with Crippen molar-refractivity contribution in [2.45, 2.75) is 18.0 Å². The number of nitrogens with zero attached hydrogens (tertiary/aromatic N) is 6. The molecule has 0 aliphatic carbocycles. The molecule has 0 fully saturated rings. The zero-order valence-electron chi connectivity index (χ0n) is 19.3. The molecule has 1 aromatic carbocycles. The third kappa shape index (κ3) is 4.79. The molecular weight excluding hydrogens is 495 g/mol. The summed E-state index contributed by atoms with van der Waals surface area (Å²) < 4.78 is 51.0. The molecule has 11 nitrogen and oxygen atoms in total. The number of aromatic hydroxyl groups is 1. The van der Waals surface area contributed by atoms with Crippen LogP contribution in [0.2, 0.25) is 0 Å². The van der Waals surface area contributed by atoms with E-state index in [-0.39, 0.29) is 22.4 Å². The van der Waals surface area contributed by atoms with Crippen molar-refractivity contribution >= 4 is 11.6 Å². The number of hydrogen-bond acceptors (Lipinski definition) is 8. The van der Waals surface area contributed by atoms with Gasteiger partial charge in [0.25, 0.3) is 11.5 Å². The van der Waals surface area contributed by atoms with Gasteiger partial charge in [-0.05, 0) is 17.2 Å². The molecule has 3 aromatic heterocycles. The Balaban J connectivity index is 1.98. The molecule has 14 heteroatoms. The Kier molecular flexibility index (Phi) is 6.54. The molecule has 4 rings (SSSR count). The van der Waals surface area contributed by atoms with Gasteiger partial charge in [0.15, 0.2) is 5.69 Å². The number of amides is 1. The summed E-state index contributed by atoms with van der Waals surface area (Å²) in [6.45, 7) is 0. The molecule has 190 valence electrons. The molecule has 0 aliphatic heterocycles. The average Bonchev–Trinajstić information content (AvgIpc) is 3.52. The van der Waals surface area contributed by atoms with Crippen molar-refractivity contribution in [2.24, 2.45) is 14.1 Å². The smallest absolute Gasteiger partial charge is 0.399 e. The van der Waals surface area contributed by atoms with Gasteiger partial charge in [0, 0.05) is 26.2 Å². The predicted octanol–water partition coefficient (Wildman–Crippen LogP) is 2.81. The number of benzene rings is 1. The standard InChI is InChI=1S/C23H18F3N7O4/c1-32-10-13(8-28-32)16(15-6-4-3-5-12(15)7-27)17(23(24,25)26)20-31-18(19(34)22(36)33(20)2)21(35)30-14-9-29-37-11-14/h3-6,8-11,16-17,34H,1-2H3,(H,30,35). The number of carbonyl (C=O) groups is 1. The number of hydrogen-bond donors (Lipinski definition) is 2. The number of aromatic nitrogens is 5. The van der Waals surface area contributed by atoms with Crippen LogP contribution in [0.5, 0.6) is 5.75 Å². The molecule has 0 radical (unpaired) electrons. The van der Waals surface area contributed by atoms with Crippen molar-refractivity contribution in [3.05, 3.63) is 87.7 Å². The highest BCUT2D eigenvalue weighted by atomic mass is 19.4. The summed E-state index contributed by atoms with van der Waals surface area (Å²) in [7, 11) is 2.52. The van der Waals surface area contributed by atoms with Crippen LogP contribution in [0.25, 0.3) is 0 Å². The van der Waals surface area contributed by atoms with E-state index < -0.39 is 46.7 Å². The van der Waals surface area contributed by atoms with Crippen molar-refractivity contribution in [2.75, 3.05) is 5.32 Å². The van der Waals surface area contributed by atoms with Gasteiger partial charge in [-0.1, -0.05) is 23.4 Å². The number of nitriles is 1. The topological polar surface area (TPSA) is 152 Å². The molecule has 0 spiro atoms. The second kappa shape index (κ2) is 9.61. The molecule has 3 heterocycles. The largest absolute Gasteiger partial charge is 0.501 e. The average molecular weight is 513 g/mol. The number of halogens is 3. The van der Waals surface area contributed by atoms with Crippen LogP contribution in [0.3, 0.4) is 0 Å². The molecular formula is C23H18F3N7O4. The molecule has 0 bridgehead atoms. The number of alkyl halides is 3. The van der Waals surface area contributed by atoms with E-state index in [1.807, 2.05) is 6.07 Å². The molecule has 0 saturated carbocycles. The summed E-state index contributed by atoms with van der Waals surface area (Å²) in [5, 5.41) is 29.5. The molecule has 2 N–H and O–H groups in total. The maximum atomic E-state index is 14.9. The minimum atomic E-state index is -5.03. The third-order valence-electron chi connectivity index (χ3n) is 5.67. The van der Waals surface area contributed by atoms with Crippen LogP contribution >= 0.6 is 0 Å². The quantitative estimate of drug-likeness (QED) is 0.399. The first-order valence-electron chi connectivity index (χ1n) is 10.6. The normalized spacial score (nSPS) is 13.1. The predicted molar refractivity (Wildman–Crippen MR) is 121 cm³/mol. The number of rotatable bonds is 6. The van der Waals surface area contributed by atoms with Crippen LogP contribution in [0, 0.1) is 11.3 Å². The summed E-state index contributed by atoms with van der Waals surface area (Å²) in [6.07, 6.45) is -0.315. The molecule has 4 aromatic rings. The van der Waals surface area contributed by atoms with E-state index in [0.29, 0.717) is 4.57 Å². The third-order valence-corrected chi connectivity index (χ3v) is 5.67. The summed E-state index contributed by atoms with van der Waals surface area (Å²) >= 11 is 0. The fourth-order valence-corrected chi connectivity index (χ4v) is 4.01. The second-order valence-electron chi connectivity index (χ2n) is 8.04. The lowest BCUT2D eigenvalue weighted by Crippen LogP contribution is -2.36. The molecule has 37 heavy (non-hydrogen) atoms. The molecule has 2 atom stereocenters. The zero-order chi connectivity index (χ0) is 26.9. The van der Waals surface area contributed by atoms with Crippen LogP contribution in [0.15, 0.2) is 58.4 Å². The maximum Gasteiger partial charge on any atom is 0.399 e. The maximum absolute atomic E-state index is 14.9. The van der Waals surface area contributed by atoms with Crippen LogP contribution in [0.4, 0.5) is 18.9 Å². The summed E-state index contributed by atoms with van der Waals surface area (Å²) in [5.74, 6) is -7.26.